The minimum atomic E-state index is -0.914. The normalized spacial score (nSPS) is 9.33. The van der Waals surface area contributed by atoms with Crippen molar-refractivity contribution in [3.05, 3.63) is 72.8 Å². The van der Waals surface area contributed by atoms with Crippen LogP contribution < -0.4 is 16.0 Å². The average Bonchev–Trinajstić information content (AvgIpc) is 2.84. The zero-order chi connectivity index (χ0) is 26.9. The SMILES string of the molecule is O=C(O)CNc1ccc(O)cc1.O=C(O)CNc1ccc(O)cc1.O=C(O)CNc1ccc(O)cc1. The molecule has 0 fully saturated rings. The summed E-state index contributed by atoms with van der Waals surface area (Å²) in [4.78, 5) is 30.4. The zero-order valence-corrected chi connectivity index (χ0v) is 19.0. The molecule has 0 aliphatic carbocycles. The molecule has 36 heavy (non-hydrogen) atoms. The van der Waals surface area contributed by atoms with E-state index in [-0.39, 0.29) is 36.9 Å². The number of nitrogens with one attached hydrogen (secondary N) is 3. The fourth-order valence-electron chi connectivity index (χ4n) is 2.27. The van der Waals surface area contributed by atoms with Crippen LogP contribution in [0, 0.1) is 0 Å². The van der Waals surface area contributed by atoms with E-state index in [1.807, 2.05) is 0 Å². The van der Waals surface area contributed by atoms with Crippen LogP contribution in [0.2, 0.25) is 0 Å². The van der Waals surface area contributed by atoms with Crippen molar-refractivity contribution in [2.75, 3.05) is 35.6 Å². The Bertz CT molecular complexity index is 946. The van der Waals surface area contributed by atoms with Gasteiger partial charge >= 0.3 is 17.9 Å². The standard InChI is InChI=1S/3C8H9NO3/c3*10-7-3-1-6(2-4-7)9-5-8(11)12/h3*1-4,9-10H,5H2,(H,11,12). The van der Waals surface area contributed by atoms with Crippen molar-refractivity contribution in [1.82, 2.24) is 0 Å². The van der Waals surface area contributed by atoms with Gasteiger partial charge in [0.2, 0.25) is 0 Å². The Kier molecular flexibility index (Phi) is 12.6. The van der Waals surface area contributed by atoms with Crippen molar-refractivity contribution < 1.29 is 45.0 Å². The summed E-state index contributed by atoms with van der Waals surface area (Å²) in [6, 6.07) is 18.6. The van der Waals surface area contributed by atoms with Gasteiger partial charge in [0.1, 0.15) is 36.9 Å². The van der Waals surface area contributed by atoms with Gasteiger partial charge in [-0.2, -0.15) is 0 Å². The molecule has 0 aliphatic heterocycles. The number of carboxylic acid groups (broad SMARTS) is 3. The number of hydrogen-bond acceptors (Lipinski definition) is 9. The Labute approximate surface area is 206 Å². The van der Waals surface area contributed by atoms with Crippen molar-refractivity contribution >= 4 is 35.0 Å². The first-order valence-electron chi connectivity index (χ1n) is 10.3. The lowest BCUT2D eigenvalue weighted by molar-refractivity contribution is -0.135. The smallest absolute Gasteiger partial charge is 0.322 e. The number of aromatic hydroxyl groups is 3. The van der Waals surface area contributed by atoms with Gasteiger partial charge in [0.15, 0.2) is 0 Å². The molecular weight excluding hydrogens is 474 g/mol. The predicted octanol–water partition coefficient (Wildman–Crippen LogP) is 2.67. The Balaban J connectivity index is 0.000000270. The molecule has 192 valence electrons. The van der Waals surface area contributed by atoms with Gasteiger partial charge in [-0.1, -0.05) is 0 Å². The van der Waals surface area contributed by atoms with Crippen molar-refractivity contribution in [1.29, 1.82) is 0 Å². The first-order valence-corrected chi connectivity index (χ1v) is 10.3. The fourth-order valence-corrected chi connectivity index (χ4v) is 2.27. The van der Waals surface area contributed by atoms with E-state index in [0.29, 0.717) is 17.1 Å². The molecule has 0 bridgehead atoms. The Hall–Kier alpha value is -5.13. The van der Waals surface area contributed by atoms with Crippen LogP contribution in [0.4, 0.5) is 17.1 Å². The molecule has 3 aromatic carbocycles. The Morgan fingerprint density at radius 3 is 0.806 bits per heavy atom. The summed E-state index contributed by atoms with van der Waals surface area (Å²) in [5.41, 5.74) is 2.03. The summed E-state index contributed by atoms with van der Waals surface area (Å²) in [5.74, 6) is -2.25. The summed E-state index contributed by atoms with van der Waals surface area (Å²) in [6.07, 6.45) is 0. The molecule has 0 radical (unpaired) electrons. The van der Waals surface area contributed by atoms with Crippen molar-refractivity contribution in [2.24, 2.45) is 0 Å². The van der Waals surface area contributed by atoms with Gasteiger partial charge in [-0.3, -0.25) is 14.4 Å². The van der Waals surface area contributed by atoms with Gasteiger partial charge in [-0.25, -0.2) is 0 Å². The summed E-state index contributed by atoms with van der Waals surface area (Å²) in [7, 11) is 0. The van der Waals surface area contributed by atoms with Crippen molar-refractivity contribution in [3.63, 3.8) is 0 Å². The molecule has 0 aromatic heterocycles. The van der Waals surface area contributed by atoms with E-state index in [1.165, 1.54) is 36.4 Å². The molecule has 9 N–H and O–H groups in total. The lowest BCUT2D eigenvalue weighted by Crippen LogP contribution is -2.11. The average molecular weight is 501 g/mol. The van der Waals surface area contributed by atoms with E-state index in [9.17, 15) is 14.4 Å². The number of benzene rings is 3. The number of hydrogen-bond donors (Lipinski definition) is 9. The van der Waals surface area contributed by atoms with Crippen LogP contribution in [0.15, 0.2) is 72.8 Å². The second-order valence-electron chi connectivity index (χ2n) is 6.88. The van der Waals surface area contributed by atoms with E-state index in [0.717, 1.165) is 0 Å². The van der Waals surface area contributed by atoms with E-state index in [4.69, 9.17) is 30.6 Å². The van der Waals surface area contributed by atoms with Crippen LogP contribution in [-0.2, 0) is 14.4 Å². The zero-order valence-electron chi connectivity index (χ0n) is 19.0. The van der Waals surface area contributed by atoms with Crippen LogP contribution in [-0.4, -0.2) is 68.2 Å². The second-order valence-corrected chi connectivity index (χ2v) is 6.88. The minimum Gasteiger partial charge on any atom is -0.508 e. The first-order chi connectivity index (χ1) is 17.0. The highest BCUT2D eigenvalue weighted by atomic mass is 16.4. The van der Waals surface area contributed by atoms with Crippen molar-refractivity contribution in [3.8, 4) is 17.2 Å². The van der Waals surface area contributed by atoms with Crippen LogP contribution in [0.5, 0.6) is 17.2 Å². The van der Waals surface area contributed by atoms with E-state index in [1.54, 1.807) is 36.4 Å². The van der Waals surface area contributed by atoms with Crippen LogP contribution in [0.1, 0.15) is 0 Å². The van der Waals surface area contributed by atoms with Crippen molar-refractivity contribution in [2.45, 2.75) is 0 Å². The maximum atomic E-state index is 10.1. The molecule has 0 saturated carbocycles. The number of phenols is 3. The minimum absolute atomic E-state index is 0.120. The lowest BCUT2D eigenvalue weighted by Gasteiger charge is -2.01. The van der Waals surface area contributed by atoms with Gasteiger partial charge in [0, 0.05) is 17.1 Å². The van der Waals surface area contributed by atoms with Gasteiger partial charge in [-0.05, 0) is 72.8 Å². The summed E-state index contributed by atoms with van der Waals surface area (Å²) >= 11 is 0. The first kappa shape index (κ1) is 28.9. The Morgan fingerprint density at radius 1 is 0.444 bits per heavy atom. The number of phenolic OH excluding ortho intramolecular Hbond substituents is 3. The summed E-state index contributed by atoms with van der Waals surface area (Å²) in [5, 5.41) is 59.6. The molecule has 3 aromatic rings. The predicted molar refractivity (Wildman–Crippen MR) is 133 cm³/mol. The van der Waals surface area contributed by atoms with E-state index < -0.39 is 17.9 Å². The van der Waals surface area contributed by atoms with Gasteiger partial charge in [0.05, 0.1) is 0 Å². The molecule has 0 heterocycles. The Morgan fingerprint density at radius 2 is 0.639 bits per heavy atom. The topological polar surface area (TPSA) is 209 Å². The monoisotopic (exact) mass is 501 g/mol. The fraction of sp³-hybridized carbons (Fsp3) is 0.125. The largest absolute Gasteiger partial charge is 0.508 e. The third kappa shape index (κ3) is 14.1. The number of anilines is 3. The van der Waals surface area contributed by atoms with Crippen LogP contribution >= 0.6 is 0 Å². The van der Waals surface area contributed by atoms with Gasteiger partial charge < -0.3 is 46.6 Å². The maximum absolute atomic E-state index is 10.1. The quantitative estimate of drug-likeness (QED) is 0.194. The molecule has 0 atom stereocenters. The van der Waals surface area contributed by atoms with E-state index >= 15 is 0 Å². The second kappa shape index (κ2) is 15.7. The van der Waals surface area contributed by atoms with E-state index in [2.05, 4.69) is 16.0 Å². The number of carboxylic acids is 3. The highest BCUT2D eigenvalue weighted by Crippen LogP contribution is 2.14. The molecule has 0 spiro atoms. The molecule has 0 saturated heterocycles. The molecule has 12 heteroatoms. The maximum Gasteiger partial charge on any atom is 0.322 e. The molecule has 12 nitrogen and oxygen atoms in total. The molecule has 0 amide bonds. The van der Waals surface area contributed by atoms with Gasteiger partial charge in [0.25, 0.3) is 0 Å². The van der Waals surface area contributed by atoms with Crippen LogP contribution in [0.25, 0.3) is 0 Å². The third-order valence-electron chi connectivity index (χ3n) is 3.93. The highest BCUT2D eigenvalue weighted by Gasteiger charge is 1.97. The molecular formula is C24H27N3O9. The van der Waals surface area contributed by atoms with Gasteiger partial charge in [-0.15, -0.1) is 0 Å². The number of carbonyl (C=O) groups is 3. The molecule has 3 rings (SSSR count). The number of rotatable bonds is 9. The lowest BCUT2D eigenvalue weighted by atomic mass is 10.3. The molecule has 0 aliphatic rings. The summed E-state index contributed by atoms with van der Waals surface area (Å²) < 4.78 is 0. The highest BCUT2D eigenvalue weighted by molar-refractivity contribution is 5.73. The van der Waals surface area contributed by atoms with Crippen LogP contribution in [0.3, 0.4) is 0 Å². The number of aliphatic carboxylic acids is 3. The molecule has 0 unspecified atom stereocenters. The summed E-state index contributed by atoms with van der Waals surface area (Å²) in [6.45, 7) is -0.361. The third-order valence-corrected chi connectivity index (χ3v) is 3.93.